The SMILES string of the molecule is CC(=O)NCC=Cc1ccc2ncnc(Nc3ccc(Oc4ccc(C)nc4)c(C)c3)c2c1. The smallest absolute Gasteiger partial charge is 0.217 e. The van der Waals surface area contributed by atoms with Crippen LogP contribution >= 0.6 is 0 Å². The number of anilines is 2. The van der Waals surface area contributed by atoms with Crippen LogP contribution in [0.5, 0.6) is 11.5 Å². The van der Waals surface area contributed by atoms with Crippen molar-refractivity contribution in [1.82, 2.24) is 20.3 Å². The third-order valence-corrected chi connectivity index (χ3v) is 4.99. The molecule has 0 fully saturated rings. The number of aromatic nitrogens is 3. The van der Waals surface area contributed by atoms with Crippen LogP contribution in [0.15, 0.2) is 67.1 Å². The predicted octanol–water partition coefficient (Wildman–Crippen LogP) is 5.33. The minimum absolute atomic E-state index is 0.0553. The number of benzene rings is 2. The zero-order valence-electron chi connectivity index (χ0n) is 18.8. The van der Waals surface area contributed by atoms with Crippen LogP contribution in [0.3, 0.4) is 0 Å². The summed E-state index contributed by atoms with van der Waals surface area (Å²) in [6.07, 6.45) is 7.13. The first kappa shape index (κ1) is 22.0. The second kappa shape index (κ2) is 9.91. The third kappa shape index (κ3) is 5.71. The lowest BCUT2D eigenvalue weighted by atomic mass is 10.1. The summed E-state index contributed by atoms with van der Waals surface area (Å²) in [5.41, 5.74) is 4.67. The van der Waals surface area contributed by atoms with Gasteiger partial charge in [0.05, 0.1) is 11.7 Å². The minimum atomic E-state index is -0.0553. The molecule has 0 atom stereocenters. The first-order chi connectivity index (χ1) is 16.0. The normalized spacial score (nSPS) is 11.0. The fraction of sp³-hybridized carbons (Fsp3) is 0.154. The van der Waals surface area contributed by atoms with Crippen molar-refractivity contribution in [3.8, 4) is 11.5 Å². The highest BCUT2D eigenvalue weighted by atomic mass is 16.5. The molecule has 0 radical (unpaired) electrons. The molecule has 0 aliphatic rings. The lowest BCUT2D eigenvalue weighted by Crippen LogP contribution is -2.19. The largest absolute Gasteiger partial charge is 0.455 e. The van der Waals surface area contributed by atoms with Crippen molar-refractivity contribution < 1.29 is 9.53 Å². The molecular formula is C26H25N5O2. The van der Waals surface area contributed by atoms with E-state index in [4.69, 9.17) is 4.74 Å². The highest BCUT2D eigenvalue weighted by Gasteiger charge is 2.08. The van der Waals surface area contributed by atoms with Crippen molar-refractivity contribution in [1.29, 1.82) is 0 Å². The Balaban J connectivity index is 1.54. The number of hydrogen-bond donors (Lipinski definition) is 2. The van der Waals surface area contributed by atoms with Crippen LogP contribution < -0.4 is 15.4 Å². The van der Waals surface area contributed by atoms with E-state index in [0.717, 1.165) is 39.2 Å². The predicted molar refractivity (Wildman–Crippen MR) is 131 cm³/mol. The number of aryl methyl sites for hydroxylation is 2. The molecule has 7 heteroatoms. The van der Waals surface area contributed by atoms with E-state index in [1.54, 1.807) is 12.5 Å². The van der Waals surface area contributed by atoms with Crippen molar-refractivity contribution in [2.45, 2.75) is 20.8 Å². The number of pyridine rings is 1. The van der Waals surface area contributed by atoms with Gasteiger partial charge in [0.2, 0.25) is 5.91 Å². The zero-order chi connectivity index (χ0) is 23.2. The molecule has 4 aromatic rings. The van der Waals surface area contributed by atoms with Crippen LogP contribution in [-0.2, 0) is 4.79 Å². The fourth-order valence-electron chi connectivity index (χ4n) is 3.30. The molecule has 2 aromatic heterocycles. The third-order valence-electron chi connectivity index (χ3n) is 4.99. The second-order valence-corrected chi connectivity index (χ2v) is 7.68. The van der Waals surface area contributed by atoms with Crippen LogP contribution in [0, 0.1) is 13.8 Å². The van der Waals surface area contributed by atoms with Gasteiger partial charge in [0, 0.05) is 30.2 Å². The maximum Gasteiger partial charge on any atom is 0.217 e. The first-order valence-corrected chi connectivity index (χ1v) is 10.6. The number of nitrogens with one attached hydrogen (secondary N) is 2. The lowest BCUT2D eigenvalue weighted by Gasteiger charge is -2.12. The van der Waals surface area contributed by atoms with E-state index in [2.05, 4.69) is 25.6 Å². The molecule has 0 saturated heterocycles. The summed E-state index contributed by atoms with van der Waals surface area (Å²) in [5.74, 6) is 2.13. The Morgan fingerprint density at radius 2 is 1.91 bits per heavy atom. The summed E-state index contributed by atoms with van der Waals surface area (Å²) in [6.45, 7) is 5.92. The van der Waals surface area contributed by atoms with Crippen LogP contribution in [0.2, 0.25) is 0 Å². The Morgan fingerprint density at radius 1 is 1.03 bits per heavy atom. The summed E-state index contributed by atoms with van der Waals surface area (Å²) < 4.78 is 5.97. The summed E-state index contributed by atoms with van der Waals surface area (Å²) in [7, 11) is 0. The van der Waals surface area contributed by atoms with E-state index in [9.17, 15) is 4.79 Å². The molecule has 2 aromatic carbocycles. The molecule has 33 heavy (non-hydrogen) atoms. The molecule has 0 saturated carbocycles. The fourth-order valence-corrected chi connectivity index (χ4v) is 3.30. The van der Waals surface area contributed by atoms with Gasteiger partial charge in [-0.1, -0.05) is 18.2 Å². The highest BCUT2D eigenvalue weighted by molar-refractivity contribution is 5.92. The van der Waals surface area contributed by atoms with Gasteiger partial charge in [0.1, 0.15) is 23.6 Å². The van der Waals surface area contributed by atoms with Gasteiger partial charge < -0.3 is 15.4 Å². The number of nitrogens with zero attached hydrogens (tertiary/aromatic N) is 3. The summed E-state index contributed by atoms with van der Waals surface area (Å²) in [5, 5.41) is 7.05. The zero-order valence-corrected chi connectivity index (χ0v) is 18.8. The summed E-state index contributed by atoms with van der Waals surface area (Å²) >= 11 is 0. The number of ether oxygens (including phenoxy) is 1. The maximum atomic E-state index is 11.0. The van der Waals surface area contributed by atoms with Crippen LogP contribution in [0.25, 0.3) is 17.0 Å². The Bertz CT molecular complexity index is 1320. The molecule has 0 bridgehead atoms. The van der Waals surface area contributed by atoms with Gasteiger partial charge in [0.15, 0.2) is 0 Å². The maximum absolute atomic E-state index is 11.0. The molecule has 7 nitrogen and oxygen atoms in total. The van der Waals surface area contributed by atoms with Crippen molar-refractivity contribution >= 4 is 34.4 Å². The van der Waals surface area contributed by atoms with Crippen molar-refractivity contribution in [2.75, 3.05) is 11.9 Å². The molecule has 166 valence electrons. The quantitative estimate of drug-likeness (QED) is 0.405. The van der Waals surface area contributed by atoms with Gasteiger partial charge in [-0.25, -0.2) is 9.97 Å². The van der Waals surface area contributed by atoms with Gasteiger partial charge in [-0.3, -0.25) is 9.78 Å². The minimum Gasteiger partial charge on any atom is -0.455 e. The Morgan fingerprint density at radius 3 is 2.67 bits per heavy atom. The van der Waals surface area contributed by atoms with Gasteiger partial charge in [-0.2, -0.15) is 0 Å². The van der Waals surface area contributed by atoms with Gasteiger partial charge >= 0.3 is 0 Å². The number of hydrogen-bond acceptors (Lipinski definition) is 6. The molecule has 4 rings (SSSR count). The average molecular weight is 440 g/mol. The lowest BCUT2D eigenvalue weighted by molar-refractivity contribution is -0.118. The number of fused-ring (bicyclic) bond motifs is 1. The first-order valence-electron chi connectivity index (χ1n) is 10.6. The molecule has 1 amide bonds. The van der Waals surface area contributed by atoms with Crippen molar-refractivity contribution in [3.05, 3.63) is 84.0 Å². The average Bonchev–Trinajstić information content (AvgIpc) is 2.80. The monoisotopic (exact) mass is 439 g/mol. The second-order valence-electron chi connectivity index (χ2n) is 7.68. The van der Waals surface area contributed by atoms with Gasteiger partial charge in [-0.15, -0.1) is 0 Å². The van der Waals surface area contributed by atoms with E-state index >= 15 is 0 Å². The Labute approximate surface area is 192 Å². The molecule has 2 N–H and O–H groups in total. The molecule has 0 aliphatic carbocycles. The van der Waals surface area contributed by atoms with Crippen molar-refractivity contribution in [2.24, 2.45) is 0 Å². The summed E-state index contributed by atoms with van der Waals surface area (Å²) in [4.78, 5) is 24.1. The van der Waals surface area contributed by atoms with E-state index in [-0.39, 0.29) is 5.91 Å². The van der Waals surface area contributed by atoms with Gasteiger partial charge in [0.25, 0.3) is 0 Å². The molecule has 0 aliphatic heterocycles. The van der Waals surface area contributed by atoms with E-state index in [0.29, 0.717) is 18.1 Å². The highest BCUT2D eigenvalue weighted by Crippen LogP contribution is 2.30. The molecule has 2 heterocycles. The Kier molecular flexibility index (Phi) is 6.59. The van der Waals surface area contributed by atoms with E-state index in [1.165, 1.54) is 6.92 Å². The van der Waals surface area contributed by atoms with E-state index < -0.39 is 0 Å². The number of rotatable bonds is 7. The topological polar surface area (TPSA) is 89.0 Å². The van der Waals surface area contributed by atoms with Crippen LogP contribution in [0.4, 0.5) is 11.5 Å². The van der Waals surface area contributed by atoms with Crippen LogP contribution in [0.1, 0.15) is 23.7 Å². The summed E-state index contributed by atoms with van der Waals surface area (Å²) in [6, 6.07) is 15.7. The number of carbonyl (C=O) groups is 1. The molecular weight excluding hydrogens is 414 g/mol. The van der Waals surface area contributed by atoms with Crippen molar-refractivity contribution in [3.63, 3.8) is 0 Å². The van der Waals surface area contributed by atoms with Crippen LogP contribution in [-0.4, -0.2) is 27.4 Å². The standard InChI is InChI=1S/C26H25N5O2/c1-17-13-21(8-11-25(17)33-22-9-6-18(2)28-15-22)31-26-23-14-20(5-4-12-27-19(3)32)7-10-24(23)29-16-30-26/h4-11,13-16H,12H2,1-3H3,(H,27,32)(H,29,30,31). The molecule has 0 unspecified atom stereocenters. The Hall–Kier alpha value is -4.26. The number of carbonyl (C=O) groups excluding carboxylic acids is 1. The van der Waals surface area contributed by atoms with Gasteiger partial charge in [-0.05, 0) is 67.4 Å². The molecule has 0 spiro atoms. The number of amides is 1. The van der Waals surface area contributed by atoms with E-state index in [1.807, 2.05) is 74.5 Å².